The maximum Gasteiger partial charge on any atom is 0.416 e. The quantitative estimate of drug-likeness (QED) is 0.326. The summed E-state index contributed by atoms with van der Waals surface area (Å²) < 4.78 is 49.6. The molecular weight excluding hydrogens is 534 g/mol. The summed E-state index contributed by atoms with van der Waals surface area (Å²) in [6.07, 6.45) is 6.23. The fourth-order valence-electron chi connectivity index (χ4n) is 4.86. The minimum Gasteiger partial charge on any atom is -0.598 e. The molecule has 2 aromatic heterocycles. The van der Waals surface area contributed by atoms with E-state index in [0.29, 0.717) is 37.4 Å². The highest BCUT2D eigenvalue weighted by Crippen LogP contribution is 2.31. The van der Waals surface area contributed by atoms with E-state index < -0.39 is 28.6 Å². The Balaban J connectivity index is 1.36. The molecule has 1 saturated carbocycles. The largest absolute Gasteiger partial charge is 0.598 e. The van der Waals surface area contributed by atoms with E-state index in [1.807, 2.05) is 4.90 Å². The fourth-order valence-corrected chi connectivity index (χ4v) is 6.10. The molecule has 0 spiro atoms. The van der Waals surface area contributed by atoms with Crippen LogP contribution in [0, 0.1) is 16.5 Å². The molecule has 11 nitrogen and oxygen atoms in total. The van der Waals surface area contributed by atoms with Crippen LogP contribution in [0.1, 0.15) is 31.2 Å². The minimum atomic E-state index is -1.50. The molecule has 39 heavy (non-hydrogen) atoms. The highest BCUT2D eigenvalue weighted by molar-refractivity contribution is 7.88. The van der Waals surface area contributed by atoms with Gasteiger partial charge in [0.15, 0.2) is 10.7 Å². The van der Waals surface area contributed by atoms with E-state index in [9.17, 15) is 28.2 Å². The standard InChI is InChI=1S/C25H27F2N6O5S/c26-18-12-19(27)14-20(13-18)32-25(34)23(38-21-5-1-2-6-21)22(15-29-32)30-8-10-31(11-9-30)39(37)16-17-4-3-7-28-24(17)33(35)36/h3-4,7,12-15,21H,1-2,5-6,8-11,16H2,(H,35,36)/q+1. The van der Waals surface area contributed by atoms with Gasteiger partial charge in [-0.2, -0.15) is 9.78 Å². The number of aromatic nitrogens is 3. The Morgan fingerprint density at radius 2 is 1.82 bits per heavy atom. The summed E-state index contributed by atoms with van der Waals surface area (Å²) in [4.78, 5) is 30.3. The molecule has 0 radical (unpaired) electrons. The lowest BCUT2D eigenvalue weighted by molar-refractivity contribution is -0.732. The Bertz CT molecular complexity index is 1390. The highest BCUT2D eigenvalue weighted by Gasteiger charge is 2.32. The first-order valence-electron chi connectivity index (χ1n) is 12.5. The summed E-state index contributed by atoms with van der Waals surface area (Å²) in [6, 6.07) is 5.95. The molecule has 2 aliphatic rings. The van der Waals surface area contributed by atoms with Crippen molar-refractivity contribution in [3.05, 3.63) is 75.2 Å². The van der Waals surface area contributed by atoms with Crippen molar-refractivity contribution in [1.29, 1.82) is 0 Å². The van der Waals surface area contributed by atoms with Crippen molar-refractivity contribution >= 4 is 22.9 Å². The summed E-state index contributed by atoms with van der Waals surface area (Å²) in [6.45, 7) is 1.56. The Labute approximate surface area is 225 Å². The van der Waals surface area contributed by atoms with Gasteiger partial charge in [0.1, 0.15) is 29.1 Å². The van der Waals surface area contributed by atoms with E-state index in [4.69, 9.17) is 4.74 Å². The normalized spacial score (nSPS) is 17.4. The van der Waals surface area contributed by atoms with Crippen LogP contribution in [0.4, 0.5) is 20.3 Å². The fraction of sp³-hybridized carbons (Fsp3) is 0.400. The number of hydrogen-bond acceptors (Lipinski definition) is 8. The summed E-state index contributed by atoms with van der Waals surface area (Å²) in [7, 11) is 0. The van der Waals surface area contributed by atoms with Crippen molar-refractivity contribution in [2.45, 2.75) is 37.5 Å². The van der Waals surface area contributed by atoms with Gasteiger partial charge in [-0.3, -0.25) is 4.79 Å². The summed E-state index contributed by atoms with van der Waals surface area (Å²) >= 11 is -1.50. The number of hydrogen-bond donors (Lipinski definition) is 1. The molecule has 3 heterocycles. The number of pyridine rings is 1. The second kappa shape index (κ2) is 11.6. The molecule has 206 valence electrons. The van der Waals surface area contributed by atoms with Gasteiger partial charge in [0.05, 0.1) is 31.1 Å². The van der Waals surface area contributed by atoms with Crippen LogP contribution in [-0.2, 0) is 17.1 Å². The van der Waals surface area contributed by atoms with Crippen LogP contribution >= 0.6 is 0 Å². The van der Waals surface area contributed by atoms with Crippen LogP contribution in [0.15, 0.2) is 47.5 Å². The molecule has 0 amide bonds. The molecule has 5 rings (SSSR count). The van der Waals surface area contributed by atoms with Crippen molar-refractivity contribution in [2.75, 3.05) is 31.1 Å². The number of piperazine rings is 1. The molecule has 14 heteroatoms. The van der Waals surface area contributed by atoms with E-state index in [2.05, 4.69) is 10.1 Å². The lowest BCUT2D eigenvalue weighted by atomic mass is 10.2. The van der Waals surface area contributed by atoms with Crippen LogP contribution in [-0.4, -0.2) is 66.0 Å². The SMILES string of the molecule is O=c1c(OC2CCCC2)c(N2CCN([S+]([O-])Cc3cccnc3[N+](=O)O)CC2)cnn1-c1cc(F)cc(F)c1. The summed E-state index contributed by atoms with van der Waals surface area (Å²) in [5.74, 6) is -1.80. The first kappa shape index (κ1) is 27.0. The minimum absolute atomic E-state index is 0.000308. The van der Waals surface area contributed by atoms with Gasteiger partial charge in [0, 0.05) is 30.5 Å². The first-order valence-corrected chi connectivity index (χ1v) is 13.8. The molecule has 2 fully saturated rings. The zero-order valence-corrected chi connectivity index (χ0v) is 21.7. The van der Waals surface area contributed by atoms with Crippen molar-refractivity contribution in [1.82, 2.24) is 19.1 Å². The number of ether oxygens (including phenoxy) is 1. The lowest BCUT2D eigenvalue weighted by Gasteiger charge is -2.36. The summed E-state index contributed by atoms with van der Waals surface area (Å²) in [5, 5.41) is 13.5. The third kappa shape index (κ3) is 6.02. The predicted octanol–water partition coefficient (Wildman–Crippen LogP) is 3.01. The highest BCUT2D eigenvalue weighted by atomic mass is 32.2. The molecular formula is C25H27F2N6O5S+. The van der Waals surface area contributed by atoms with E-state index in [-0.39, 0.29) is 34.0 Å². The molecule has 1 aliphatic carbocycles. The average Bonchev–Trinajstić information content (AvgIpc) is 3.43. The van der Waals surface area contributed by atoms with Gasteiger partial charge in [-0.05, 0) is 59.8 Å². The topological polar surface area (TPSA) is 127 Å². The summed E-state index contributed by atoms with van der Waals surface area (Å²) in [5.41, 5.74) is 0.146. The lowest BCUT2D eigenvalue weighted by Crippen LogP contribution is -2.49. The van der Waals surface area contributed by atoms with Gasteiger partial charge < -0.3 is 19.4 Å². The van der Waals surface area contributed by atoms with Crippen LogP contribution in [0.3, 0.4) is 0 Å². The Morgan fingerprint density at radius 1 is 1.13 bits per heavy atom. The molecule has 1 aromatic carbocycles. The monoisotopic (exact) mass is 561 g/mol. The molecule has 1 unspecified atom stereocenters. The van der Waals surface area contributed by atoms with Gasteiger partial charge in [-0.15, -0.1) is 4.31 Å². The third-order valence-corrected chi connectivity index (χ3v) is 8.29. The van der Waals surface area contributed by atoms with Gasteiger partial charge in [-0.1, -0.05) is 0 Å². The van der Waals surface area contributed by atoms with E-state index >= 15 is 0 Å². The van der Waals surface area contributed by atoms with Crippen molar-refractivity contribution < 1.29 is 28.2 Å². The molecule has 1 N–H and O–H groups in total. The number of rotatable bonds is 8. The smallest absolute Gasteiger partial charge is 0.416 e. The Kier molecular flexibility index (Phi) is 8.04. The van der Waals surface area contributed by atoms with Crippen molar-refractivity contribution in [2.24, 2.45) is 0 Å². The zero-order chi connectivity index (χ0) is 27.5. The maximum absolute atomic E-state index is 13.9. The number of benzene rings is 1. The maximum atomic E-state index is 13.9. The number of halogens is 2. The second-order valence-electron chi connectivity index (χ2n) is 9.37. The van der Waals surface area contributed by atoms with Crippen molar-refractivity contribution in [3.63, 3.8) is 0 Å². The molecule has 3 aromatic rings. The van der Waals surface area contributed by atoms with E-state index in [1.165, 1.54) is 12.4 Å². The van der Waals surface area contributed by atoms with Crippen molar-refractivity contribution in [3.8, 4) is 11.4 Å². The molecule has 0 bridgehead atoms. The first-order chi connectivity index (χ1) is 18.8. The number of nitrogens with zero attached hydrogens (tertiary/aromatic N) is 6. The van der Waals surface area contributed by atoms with Gasteiger partial charge in [0.2, 0.25) is 5.75 Å². The second-order valence-corrected chi connectivity index (χ2v) is 10.8. The number of anilines is 1. The zero-order valence-electron chi connectivity index (χ0n) is 20.9. The van der Waals surface area contributed by atoms with Crippen LogP contribution in [0.5, 0.6) is 5.75 Å². The van der Waals surface area contributed by atoms with Gasteiger partial charge in [0.25, 0.3) is 0 Å². The van der Waals surface area contributed by atoms with E-state index in [1.54, 1.807) is 16.4 Å². The third-order valence-electron chi connectivity index (χ3n) is 6.79. The van der Waals surface area contributed by atoms with E-state index in [0.717, 1.165) is 48.6 Å². The van der Waals surface area contributed by atoms with Gasteiger partial charge in [-0.25, -0.2) is 8.78 Å². The van der Waals surface area contributed by atoms with Crippen LogP contribution < -0.4 is 15.2 Å². The Hall–Kier alpha value is -3.62. The molecule has 1 aliphatic heterocycles. The average molecular weight is 562 g/mol. The predicted molar refractivity (Wildman–Crippen MR) is 138 cm³/mol. The van der Waals surface area contributed by atoms with Crippen LogP contribution in [0.2, 0.25) is 0 Å². The van der Waals surface area contributed by atoms with Crippen LogP contribution in [0.25, 0.3) is 5.69 Å². The molecule has 1 saturated heterocycles. The molecule has 1 atom stereocenters. The Morgan fingerprint density at radius 3 is 2.49 bits per heavy atom. The van der Waals surface area contributed by atoms with Gasteiger partial charge >= 0.3 is 11.4 Å².